The molecule has 3 aliphatic rings. The van der Waals surface area contributed by atoms with Crippen LogP contribution >= 0.6 is 0 Å². The third kappa shape index (κ3) is 4.07. The van der Waals surface area contributed by atoms with Gasteiger partial charge in [-0.2, -0.15) is 0 Å². The number of halogens is 1. The molecule has 1 spiro atoms. The Balaban J connectivity index is 1.44. The van der Waals surface area contributed by atoms with Gasteiger partial charge in [0.05, 0.1) is 12.1 Å². The minimum Gasteiger partial charge on any atom is -0.363 e. The summed E-state index contributed by atoms with van der Waals surface area (Å²) >= 11 is 0. The van der Waals surface area contributed by atoms with Crippen LogP contribution in [0.4, 0.5) is 10.1 Å². The lowest BCUT2D eigenvalue weighted by atomic mass is 9.88. The Labute approximate surface area is 165 Å². The predicted octanol–water partition coefficient (Wildman–Crippen LogP) is 3.52. The molecule has 1 atom stereocenters. The number of likely N-dealkylation sites (tertiary alicyclic amines) is 1. The van der Waals surface area contributed by atoms with Gasteiger partial charge in [-0.1, -0.05) is 25.3 Å². The molecule has 0 aromatic heterocycles. The summed E-state index contributed by atoms with van der Waals surface area (Å²) in [4.78, 5) is 29.0. The second kappa shape index (κ2) is 8.19. The molecule has 28 heavy (non-hydrogen) atoms. The van der Waals surface area contributed by atoms with E-state index in [-0.39, 0.29) is 24.2 Å². The molecule has 4 rings (SSSR count). The monoisotopic (exact) mass is 388 g/mol. The zero-order valence-corrected chi connectivity index (χ0v) is 16.4. The first-order valence-corrected chi connectivity index (χ1v) is 10.6. The van der Waals surface area contributed by atoms with Gasteiger partial charge in [0.2, 0.25) is 5.91 Å². The van der Waals surface area contributed by atoms with Crippen molar-refractivity contribution in [2.45, 2.75) is 57.0 Å². The molecule has 0 bridgehead atoms. The predicted molar refractivity (Wildman–Crippen MR) is 104 cm³/mol. The number of amides is 2. The molecule has 1 aromatic carbocycles. The summed E-state index contributed by atoms with van der Waals surface area (Å²) in [7, 11) is 0. The Hall–Kier alpha value is -1.95. The average Bonchev–Trinajstić information content (AvgIpc) is 2.93. The summed E-state index contributed by atoms with van der Waals surface area (Å²) in [5.74, 6) is -0.0161. The van der Waals surface area contributed by atoms with Crippen molar-refractivity contribution in [3.63, 3.8) is 0 Å². The largest absolute Gasteiger partial charge is 0.363 e. The van der Waals surface area contributed by atoms with E-state index in [1.165, 1.54) is 18.6 Å². The first-order chi connectivity index (χ1) is 13.6. The molecular formula is C22H29FN2O3. The Bertz CT molecular complexity index is 734. The number of hydrogen-bond donors (Lipinski definition) is 0. The summed E-state index contributed by atoms with van der Waals surface area (Å²) in [6, 6.07) is 6.16. The molecule has 2 heterocycles. The van der Waals surface area contributed by atoms with Crippen molar-refractivity contribution >= 4 is 17.5 Å². The lowest BCUT2D eigenvalue weighted by Crippen LogP contribution is -2.55. The van der Waals surface area contributed by atoms with Crippen LogP contribution in [0, 0.1) is 11.7 Å². The molecular weight excluding hydrogens is 359 g/mol. The van der Waals surface area contributed by atoms with Crippen LogP contribution in [0.3, 0.4) is 0 Å². The second-order valence-corrected chi connectivity index (χ2v) is 8.45. The summed E-state index contributed by atoms with van der Waals surface area (Å²) in [6.07, 6.45) is 7.96. The molecule has 6 heteroatoms. The van der Waals surface area contributed by atoms with Crippen LogP contribution in [0.2, 0.25) is 0 Å². The van der Waals surface area contributed by atoms with Gasteiger partial charge in [-0.3, -0.25) is 9.59 Å². The van der Waals surface area contributed by atoms with Crippen molar-refractivity contribution in [2.24, 2.45) is 5.92 Å². The van der Waals surface area contributed by atoms with Gasteiger partial charge in [-0.15, -0.1) is 0 Å². The highest BCUT2D eigenvalue weighted by molar-refractivity contribution is 5.95. The van der Waals surface area contributed by atoms with Gasteiger partial charge in [0.15, 0.2) is 0 Å². The SMILES string of the molecule is O=C(C1CCCCC1)N1CCCC2(CC1)CN(c1cccc(F)c1)C(=O)CO2. The molecule has 152 valence electrons. The van der Waals surface area contributed by atoms with Crippen LogP contribution in [-0.4, -0.2) is 48.6 Å². The quantitative estimate of drug-likeness (QED) is 0.779. The highest BCUT2D eigenvalue weighted by Crippen LogP contribution is 2.34. The van der Waals surface area contributed by atoms with Gasteiger partial charge in [0.1, 0.15) is 12.4 Å². The zero-order valence-electron chi connectivity index (χ0n) is 16.4. The van der Waals surface area contributed by atoms with E-state index < -0.39 is 5.60 Å². The van der Waals surface area contributed by atoms with E-state index in [0.717, 1.165) is 45.1 Å². The fourth-order valence-corrected chi connectivity index (χ4v) is 4.89. The van der Waals surface area contributed by atoms with Gasteiger partial charge in [-0.05, 0) is 50.3 Å². The topological polar surface area (TPSA) is 49.9 Å². The molecule has 3 fully saturated rings. The maximum Gasteiger partial charge on any atom is 0.253 e. The van der Waals surface area contributed by atoms with Gasteiger partial charge >= 0.3 is 0 Å². The molecule has 1 aliphatic carbocycles. The maximum absolute atomic E-state index is 13.7. The molecule has 5 nitrogen and oxygen atoms in total. The van der Waals surface area contributed by atoms with Gasteiger partial charge in [-0.25, -0.2) is 4.39 Å². The smallest absolute Gasteiger partial charge is 0.253 e. The molecule has 0 radical (unpaired) electrons. The van der Waals surface area contributed by atoms with E-state index in [2.05, 4.69) is 0 Å². The Morgan fingerprint density at radius 2 is 1.93 bits per heavy atom. The maximum atomic E-state index is 13.7. The molecule has 1 unspecified atom stereocenters. The number of nitrogens with zero attached hydrogens (tertiary/aromatic N) is 2. The van der Waals surface area contributed by atoms with E-state index in [1.807, 2.05) is 4.90 Å². The van der Waals surface area contributed by atoms with E-state index in [1.54, 1.807) is 17.0 Å². The van der Waals surface area contributed by atoms with Crippen molar-refractivity contribution in [1.29, 1.82) is 0 Å². The first-order valence-electron chi connectivity index (χ1n) is 10.6. The normalized spacial score (nSPS) is 27.1. The first kappa shape index (κ1) is 19.4. The molecule has 2 saturated heterocycles. The van der Waals surface area contributed by atoms with Crippen molar-refractivity contribution in [3.05, 3.63) is 30.1 Å². The van der Waals surface area contributed by atoms with E-state index in [4.69, 9.17) is 4.74 Å². The summed E-state index contributed by atoms with van der Waals surface area (Å²) in [6.45, 7) is 1.85. The van der Waals surface area contributed by atoms with E-state index in [0.29, 0.717) is 31.1 Å². The highest BCUT2D eigenvalue weighted by atomic mass is 19.1. The lowest BCUT2D eigenvalue weighted by Gasteiger charge is -2.42. The standard InChI is InChI=1S/C22H29FN2O3/c23-18-8-4-9-19(14-18)25-16-22(28-15-20(25)26)10-5-12-24(13-11-22)21(27)17-6-2-1-3-7-17/h4,8-9,14,17H,1-3,5-7,10-13,15-16H2. The number of morpholine rings is 1. The fraction of sp³-hybridized carbons (Fsp3) is 0.636. The van der Waals surface area contributed by atoms with E-state index in [9.17, 15) is 14.0 Å². The number of carbonyl (C=O) groups is 2. The molecule has 0 N–H and O–H groups in total. The van der Waals surface area contributed by atoms with Crippen LogP contribution < -0.4 is 4.90 Å². The number of anilines is 1. The Morgan fingerprint density at radius 3 is 2.71 bits per heavy atom. The second-order valence-electron chi connectivity index (χ2n) is 8.45. The zero-order chi connectivity index (χ0) is 19.6. The summed E-state index contributed by atoms with van der Waals surface area (Å²) < 4.78 is 19.7. The van der Waals surface area contributed by atoms with E-state index >= 15 is 0 Å². The minimum atomic E-state index is -0.457. The minimum absolute atomic E-state index is 0.00703. The number of hydrogen-bond acceptors (Lipinski definition) is 3. The van der Waals surface area contributed by atoms with Crippen molar-refractivity contribution in [3.8, 4) is 0 Å². The number of benzene rings is 1. The summed E-state index contributed by atoms with van der Waals surface area (Å²) in [5, 5.41) is 0. The van der Waals surface area contributed by atoms with Crippen LogP contribution in [0.25, 0.3) is 0 Å². The van der Waals surface area contributed by atoms with Gasteiger partial charge in [0.25, 0.3) is 5.91 Å². The van der Waals surface area contributed by atoms with Crippen molar-refractivity contribution in [2.75, 3.05) is 31.1 Å². The van der Waals surface area contributed by atoms with Crippen LogP contribution in [-0.2, 0) is 14.3 Å². The number of ether oxygens (including phenoxy) is 1. The van der Waals surface area contributed by atoms with Crippen molar-refractivity contribution < 1.29 is 18.7 Å². The van der Waals surface area contributed by atoms with Gasteiger partial charge < -0.3 is 14.5 Å². The Kier molecular flexibility index (Phi) is 5.67. The average molecular weight is 388 g/mol. The van der Waals surface area contributed by atoms with Gasteiger partial charge in [0, 0.05) is 24.7 Å². The fourth-order valence-electron chi connectivity index (χ4n) is 4.89. The number of carbonyl (C=O) groups excluding carboxylic acids is 2. The van der Waals surface area contributed by atoms with Crippen LogP contribution in [0.5, 0.6) is 0 Å². The molecule has 1 saturated carbocycles. The number of rotatable bonds is 2. The molecule has 2 aliphatic heterocycles. The Morgan fingerprint density at radius 1 is 1.11 bits per heavy atom. The van der Waals surface area contributed by atoms with Crippen LogP contribution in [0.15, 0.2) is 24.3 Å². The lowest BCUT2D eigenvalue weighted by molar-refractivity contribution is -0.142. The third-order valence-electron chi connectivity index (χ3n) is 6.53. The molecule has 1 aromatic rings. The third-order valence-corrected chi connectivity index (χ3v) is 6.53. The van der Waals surface area contributed by atoms with Crippen LogP contribution in [0.1, 0.15) is 51.4 Å². The highest BCUT2D eigenvalue weighted by Gasteiger charge is 2.42. The van der Waals surface area contributed by atoms with Crippen molar-refractivity contribution in [1.82, 2.24) is 4.90 Å². The molecule has 2 amide bonds. The summed E-state index contributed by atoms with van der Waals surface area (Å²) in [5.41, 5.74) is 0.119.